The molecule has 0 aliphatic carbocycles. The summed E-state index contributed by atoms with van der Waals surface area (Å²) >= 11 is 0. The number of carbonyl (C=O) groups excluding carboxylic acids is 1. The van der Waals surface area contributed by atoms with E-state index in [1.165, 1.54) is 24.3 Å². The molecule has 0 saturated carbocycles. The van der Waals surface area contributed by atoms with Crippen LogP contribution in [0.15, 0.2) is 30.3 Å². The second-order valence-corrected chi connectivity index (χ2v) is 7.55. The van der Waals surface area contributed by atoms with Crippen LogP contribution >= 0.6 is 21.6 Å². The van der Waals surface area contributed by atoms with E-state index in [4.69, 9.17) is 10.6 Å². The van der Waals surface area contributed by atoms with Crippen LogP contribution < -0.4 is 5.90 Å². The predicted octanol–water partition coefficient (Wildman–Crippen LogP) is 3.73. The zero-order valence-electron chi connectivity index (χ0n) is 12.1. The number of halogens is 6. The minimum absolute atomic E-state index is 0.0221. The molecular formula is C13H11F6NO3S2. The molecule has 0 bridgehead atoms. The maximum atomic E-state index is 13.3. The smallest absolute Gasteiger partial charge is 0.415 e. The van der Waals surface area contributed by atoms with E-state index in [1.54, 1.807) is 6.07 Å². The number of esters is 1. The van der Waals surface area contributed by atoms with Crippen molar-refractivity contribution in [3.8, 4) is 0 Å². The molecule has 1 aliphatic heterocycles. The molecular weight excluding hydrogens is 396 g/mol. The summed E-state index contributed by atoms with van der Waals surface area (Å²) in [5.74, 6) is 3.34. The van der Waals surface area contributed by atoms with Gasteiger partial charge in [0.2, 0.25) is 4.75 Å². The van der Waals surface area contributed by atoms with Gasteiger partial charge in [0.25, 0.3) is 0 Å². The van der Waals surface area contributed by atoms with Gasteiger partial charge in [-0.2, -0.15) is 26.3 Å². The fourth-order valence-electron chi connectivity index (χ4n) is 2.23. The molecule has 1 heterocycles. The number of benzene rings is 1. The van der Waals surface area contributed by atoms with Crippen LogP contribution in [0.4, 0.5) is 26.3 Å². The molecule has 140 valence electrons. The number of carbonyl (C=O) groups is 1. The topological polar surface area (TPSA) is 61.6 Å². The molecule has 1 aromatic rings. The lowest BCUT2D eigenvalue weighted by molar-refractivity contribution is -0.298. The summed E-state index contributed by atoms with van der Waals surface area (Å²) < 4.78 is 80.5. The molecule has 2 N–H and O–H groups in total. The largest absolute Gasteiger partial charge is 0.455 e. The summed E-state index contributed by atoms with van der Waals surface area (Å²) in [5, 5.41) is 0. The fourth-order valence-corrected chi connectivity index (χ4v) is 5.37. The predicted molar refractivity (Wildman–Crippen MR) is 79.6 cm³/mol. The van der Waals surface area contributed by atoms with Crippen LogP contribution in [0.1, 0.15) is 10.4 Å². The van der Waals surface area contributed by atoms with Crippen molar-refractivity contribution in [1.29, 1.82) is 0 Å². The van der Waals surface area contributed by atoms with E-state index in [9.17, 15) is 31.1 Å². The molecule has 1 aromatic carbocycles. The molecule has 4 nitrogen and oxygen atoms in total. The number of hydrogen-bond acceptors (Lipinski definition) is 6. The molecule has 12 heteroatoms. The average molecular weight is 407 g/mol. The number of ether oxygens (including phenoxy) is 1. The molecule has 0 aromatic heterocycles. The van der Waals surface area contributed by atoms with Gasteiger partial charge in [0.15, 0.2) is 0 Å². The van der Waals surface area contributed by atoms with E-state index in [0.717, 1.165) is 0 Å². The minimum Gasteiger partial charge on any atom is -0.455 e. The summed E-state index contributed by atoms with van der Waals surface area (Å²) in [7, 11) is -0.162. The summed E-state index contributed by atoms with van der Waals surface area (Å²) in [5.41, 5.74) is -0.0221. The van der Waals surface area contributed by atoms with Crippen LogP contribution in [-0.2, 0) is 9.57 Å². The maximum absolute atomic E-state index is 13.3. The van der Waals surface area contributed by atoms with Crippen LogP contribution in [0, 0.1) is 0 Å². The Labute approximate surface area is 145 Å². The molecule has 1 aliphatic rings. The molecule has 0 spiro atoms. The van der Waals surface area contributed by atoms with Gasteiger partial charge in [0.05, 0.1) is 5.56 Å². The number of nitrogens with two attached hydrogens (primary N) is 1. The summed E-state index contributed by atoms with van der Waals surface area (Å²) in [6.45, 7) is 0. The van der Waals surface area contributed by atoms with E-state index < -0.39 is 46.1 Å². The molecule has 0 unspecified atom stereocenters. The second-order valence-electron chi connectivity index (χ2n) is 4.97. The first kappa shape index (κ1) is 20.2. The third kappa shape index (κ3) is 3.71. The summed E-state index contributed by atoms with van der Waals surface area (Å²) in [6.07, 6.45) is -16.0. The maximum Gasteiger partial charge on any atom is 0.415 e. The van der Waals surface area contributed by atoms with Crippen LogP contribution in [-0.4, -0.2) is 41.0 Å². The molecule has 0 amide bonds. The van der Waals surface area contributed by atoms with Crippen molar-refractivity contribution in [2.45, 2.75) is 29.3 Å². The zero-order valence-corrected chi connectivity index (χ0v) is 13.8. The minimum atomic E-state index is -5.73. The Kier molecular flexibility index (Phi) is 5.86. The van der Waals surface area contributed by atoms with E-state index in [2.05, 4.69) is 4.84 Å². The standard InChI is InChI=1S/C13H11F6NO3S2/c14-12(15,16)11(13(17,18)19)9(23-20)8(6-24-25-11)22-10(21)7-4-2-1-3-5-7/h1-5,8-9H,6,20H2/t8-,9+/m0/s1. The molecule has 0 radical (unpaired) electrons. The number of hydrogen-bond donors (Lipinski definition) is 1. The highest BCUT2D eigenvalue weighted by atomic mass is 33.1. The van der Waals surface area contributed by atoms with Crippen molar-refractivity contribution >= 4 is 27.6 Å². The summed E-state index contributed by atoms with van der Waals surface area (Å²) in [6, 6.07) is 7.13. The van der Waals surface area contributed by atoms with Gasteiger partial charge in [-0.15, -0.1) is 0 Å². The lowest BCUT2D eigenvalue weighted by Crippen LogP contribution is -2.68. The Morgan fingerprint density at radius 3 is 2.16 bits per heavy atom. The highest BCUT2D eigenvalue weighted by molar-refractivity contribution is 8.77. The van der Waals surface area contributed by atoms with Gasteiger partial charge in [-0.25, -0.2) is 10.7 Å². The SMILES string of the molecule is NO[C@@H]1[C@@H](OC(=O)c2ccccc2)CSSC1(C(F)(F)F)C(F)(F)F. The van der Waals surface area contributed by atoms with Crippen molar-refractivity contribution in [2.24, 2.45) is 5.90 Å². The Morgan fingerprint density at radius 1 is 1.12 bits per heavy atom. The molecule has 25 heavy (non-hydrogen) atoms. The molecule has 2 atom stereocenters. The Morgan fingerprint density at radius 2 is 1.68 bits per heavy atom. The number of rotatable bonds is 3. The van der Waals surface area contributed by atoms with Gasteiger partial charge in [-0.1, -0.05) is 39.8 Å². The Hall–Kier alpha value is -1.11. The normalized spacial score (nSPS) is 24.0. The van der Waals surface area contributed by atoms with Crippen LogP contribution in [0.3, 0.4) is 0 Å². The molecule has 1 saturated heterocycles. The van der Waals surface area contributed by atoms with Crippen molar-refractivity contribution in [3.63, 3.8) is 0 Å². The highest BCUT2D eigenvalue weighted by Crippen LogP contribution is 2.61. The van der Waals surface area contributed by atoms with E-state index in [0.29, 0.717) is 0 Å². The van der Waals surface area contributed by atoms with Gasteiger partial charge < -0.3 is 4.74 Å². The Bertz CT molecular complexity index is 596. The van der Waals surface area contributed by atoms with E-state index in [1.807, 2.05) is 0 Å². The zero-order chi connectivity index (χ0) is 18.9. The van der Waals surface area contributed by atoms with Crippen molar-refractivity contribution in [2.75, 3.05) is 5.75 Å². The Balaban J connectivity index is 2.35. The quantitative estimate of drug-likeness (QED) is 0.357. The van der Waals surface area contributed by atoms with Crippen LogP contribution in [0.2, 0.25) is 0 Å². The molecule has 1 fully saturated rings. The monoisotopic (exact) mass is 407 g/mol. The van der Waals surface area contributed by atoms with Gasteiger partial charge in [0, 0.05) is 5.75 Å². The average Bonchev–Trinajstić information content (AvgIpc) is 2.53. The van der Waals surface area contributed by atoms with Crippen molar-refractivity contribution in [1.82, 2.24) is 0 Å². The van der Waals surface area contributed by atoms with Gasteiger partial charge in [0.1, 0.15) is 12.2 Å². The van der Waals surface area contributed by atoms with Crippen LogP contribution in [0.5, 0.6) is 0 Å². The first-order valence-electron chi connectivity index (χ1n) is 6.60. The lowest BCUT2D eigenvalue weighted by Gasteiger charge is -2.45. The third-order valence-corrected chi connectivity index (χ3v) is 6.51. The number of alkyl halides is 6. The van der Waals surface area contributed by atoms with E-state index >= 15 is 0 Å². The third-order valence-electron chi connectivity index (χ3n) is 3.42. The first-order valence-corrected chi connectivity index (χ1v) is 8.92. The first-order chi connectivity index (χ1) is 11.5. The van der Waals surface area contributed by atoms with Gasteiger partial charge >= 0.3 is 18.3 Å². The van der Waals surface area contributed by atoms with Crippen molar-refractivity contribution in [3.05, 3.63) is 35.9 Å². The summed E-state index contributed by atoms with van der Waals surface area (Å²) in [4.78, 5) is 16.0. The highest BCUT2D eigenvalue weighted by Gasteiger charge is 2.78. The van der Waals surface area contributed by atoms with Crippen LogP contribution in [0.25, 0.3) is 0 Å². The van der Waals surface area contributed by atoms with E-state index in [-0.39, 0.29) is 22.1 Å². The lowest BCUT2D eigenvalue weighted by atomic mass is 9.95. The van der Waals surface area contributed by atoms with Crippen molar-refractivity contribution < 1.29 is 40.7 Å². The second kappa shape index (κ2) is 7.25. The van der Waals surface area contributed by atoms with Gasteiger partial charge in [-0.3, -0.25) is 4.84 Å². The fraction of sp³-hybridized carbons (Fsp3) is 0.462. The van der Waals surface area contributed by atoms with Gasteiger partial charge in [-0.05, 0) is 12.1 Å². The molecule has 2 rings (SSSR count).